The van der Waals surface area contributed by atoms with Crippen molar-refractivity contribution in [2.24, 2.45) is 0 Å². The molecule has 0 N–H and O–H groups in total. The number of nitrogens with zero attached hydrogens (tertiary/aromatic N) is 2. The van der Waals surface area contributed by atoms with Crippen molar-refractivity contribution in [2.75, 3.05) is 4.90 Å². The average Bonchev–Trinajstić information content (AvgIpc) is 3.11. The van der Waals surface area contributed by atoms with Crippen LogP contribution in [0.4, 0.5) is 5.69 Å². The minimum absolute atomic E-state index is 0.139. The van der Waals surface area contributed by atoms with Gasteiger partial charge in [0.2, 0.25) is 11.8 Å². The van der Waals surface area contributed by atoms with Crippen LogP contribution in [0, 0.1) is 0 Å². The van der Waals surface area contributed by atoms with E-state index in [2.05, 4.69) is 4.98 Å². The third-order valence-corrected chi connectivity index (χ3v) is 6.84. The van der Waals surface area contributed by atoms with E-state index in [1.165, 1.54) is 34.1 Å². The zero-order valence-electron chi connectivity index (χ0n) is 12.6. The minimum Gasteiger partial charge on any atom is -0.274 e. The second-order valence-corrected chi connectivity index (χ2v) is 8.72. The normalized spacial score (nSPS) is 17.7. The molecule has 1 fully saturated rings. The summed E-state index contributed by atoms with van der Waals surface area (Å²) in [7, 11) is 0. The van der Waals surface area contributed by atoms with Crippen molar-refractivity contribution < 1.29 is 9.59 Å². The molecule has 8 heteroatoms. The molecule has 4 rings (SSSR count). The summed E-state index contributed by atoms with van der Waals surface area (Å²) >= 11 is 14.8. The minimum atomic E-state index is -0.484. The molecule has 2 aromatic carbocycles. The summed E-state index contributed by atoms with van der Waals surface area (Å²) in [6, 6.07) is 12.5. The van der Waals surface area contributed by atoms with Crippen molar-refractivity contribution in [3.63, 3.8) is 0 Å². The van der Waals surface area contributed by atoms with E-state index in [0.717, 1.165) is 14.6 Å². The highest BCUT2D eigenvalue weighted by Gasteiger charge is 2.40. The molecule has 1 aliphatic heterocycles. The number of anilines is 1. The maximum atomic E-state index is 12.7. The quantitative estimate of drug-likeness (QED) is 0.570. The number of carbonyl (C=O) groups excluding carboxylic acids is 2. The smallest absolute Gasteiger partial charge is 0.247 e. The summed E-state index contributed by atoms with van der Waals surface area (Å²) in [6.07, 6.45) is 0.139. The number of hydrogen-bond donors (Lipinski definition) is 0. The Morgan fingerprint density at radius 3 is 2.68 bits per heavy atom. The highest BCUT2D eigenvalue weighted by atomic mass is 35.5. The SMILES string of the molecule is O=C1C[C@@H](Sc2nc3ccccc3s2)C(=O)N1c1ccc(Cl)c(Cl)c1. The third kappa shape index (κ3) is 3.15. The van der Waals surface area contributed by atoms with Crippen molar-refractivity contribution in [3.05, 3.63) is 52.5 Å². The number of thiazole rings is 1. The Kier molecular flexibility index (Phi) is 4.45. The number of rotatable bonds is 3. The Labute approximate surface area is 161 Å². The molecule has 126 valence electrons. The summed E-state index contributed by atoms with van der Waals surface area (Å²) < 4.78 is 1.84. The molecular formula is C17H10Cl2N2O2S2. The largest absolute Gasteiger partial charge is 0.274 e. The predicted octanol–water partition coefficient (Wildman–Crippen LogP) is 5.03. The number of imide groups is 1. The maximum absolute atomic E-state index is 12.7. The first kappa shape index (κ1) is 16.8. The van der Waals surface area contributed by atoms with E-state index >= 15 is 0 Å². The number of carbonyl (C=O) groups is 2. The Balaban J connectivity index is 1.59. The zero-order chi connectivity index (χ0) is 17.6. The number of amides is 2. The van der Waals surface area contributed by atoms with Crippen molar-refractivity contribution in [1.82, 2.24) is 4.98 Å². The van der Waals surface area contributed by atoms with E-state index in [1.54, 1.807) is 12.1 Å². The first-order chi connectivity index (χ1) is 12.0. The summed E-state index contributed by atoms with van der Waals surface area (Å²) in [5.74, 6) is -0.505. The van der Waals surface area contributed by atoms with Gasteiger partial charge in [-0.05, 0) is 30.3 Å². The van der Waals surface area contributed by atoms with Gasteiger partial charge in [0.25, 0.3) is 0 Å². The molecule has 1 aliphatic rings. The Morgan fingerprint density at radius 1 is 1.12 bits per heavy atom. The molecular weight excluding hydrogens is 399 g/mol. The molecule has 1 aromatic heterocycles. The maximum Gasteiger partial charge on any atom is 0.247 e. The zero-order valence-corrected chi connectivity index (χ0v) is 15.8. The van der Waals surface area contributed by atoms with Crippen molar-refractivity contribution in [1.29, 1.82) is 0 Å². The number of aromatic nitrogens is 1. The van der Waals surface area contributed by atoms with Gasteiger partial charge in [0.1, 0.15) is 5.25 Å². The van der Waals surface area contributed by atoms with E-state index in [1.807, 2.05) is 24.3 Å². The van der Waals surface area contributed by atoms with Crippen LogP contribution in [0.25, 0.3) is 10.2 Å². The van der Waals surface area contributed by atoms with Gasteiger partial charge in [0, 0.05) is 6.42 Å². The first-order valence-electron chi connectivity index (χ1n) is 7.37. The number of fused-ring (bicyclic) bond motifs is 1. The van der Waals surface area contributed by atoms with Crippen LogP contribution in [0.5, 0.6) is 0 Å². The first-order valence-corrected chi connectivity index (χ1v) is 9.82. The van der Waals surface area contributed by atoms with E-state index in [0.29, 0.717) is 15.7 Å². The molecule has 0 saturated carbocycles. The fourth-order valence-corrected chi connectivity index (χ4v) is 5.24. The average molecular weight is 409 g/mol. The number of thioether (sulfide) groups is 1. The molecule has 1 saturated heterocycles. The van der Waals surface area contributed by atoms with E-state index < -0.39 is 5.25 Å². The summed E-state index contributed by atoms with van der Waals surface area (Å²) in [5, 5.41) is 0.203. The van der Waals surface area contributed by atoms with Gasteiger partial charge in [-0.1, -0.05) is 47.1 Å². The second kappa shape index (κ2) is 6.61. The molecule has 2 amide bonds. The topological polar surface area (TPSA) is 50.3 Å². The van der Waals surface area contributed by atoms with Crippen LogP contribution >= 0.6 is 46.3 Å². The fraction of sp³-hybridized carbons (Fsp3) is 0.118. The van der Waals surface area contributed by atoms with Crippen LogP contribution in [0.15, 0.2) is 46.8 Å². The third-order valence-electron chi connectivity index (χ3n) is 3.78. The van der Waals surface area contributed by atoms with Crippen molar-refractivity contribution in [2.45, 2.75) is 16.0 Å². The summed E-state index contributed by atoms with van der Waals surface area (Å²) in [6.45, 7) is 0. The Morgan fingerprint density at radius 2 is 1.92 bits per heavy atom. The lowest BCUT2D eigenvalue weighted by molar-refractivity contribution is -0.121. The van der Waals surface area contributed by atoms with Gasteiger partial charge in [0.05, 0.1) is 25.9 Å². The van der Waals surface area contributed by atoms with Crippen molar-refractivity contribution >= 4 is 74.0 Å². The van der Waals surface area contributed by atoms with Crippen LogP contribution in [-0.2, 0) is 9.59 Å². The Bertz CT molecular complexity index is 972. The fourth-order valence-electron chi connectivity index (χ4n) is 2.61. The lowest BCUT2D eigenvalue weighted by Gasteiger charge is -2.15. The van der Waals surface area contributed by atoms with Crippen LogP contribution in [0.3, 0.4) is 0 Å². The molecule has 0 radical (unpaired) electrons. The highest BCUT2D eigenvalue weighted by molar-refractivity contribution is 8.02. The second-order valence-electron chi connectivity index (χ2n) is 5.42. The molecule has 2 heterocycles. The number of benzene rings is 2. The van der Waals surface area contributed by atoms with Gasteiger partial charge in [-0.2, -0.15) is 0 Å². The summed E-state index contributed by atoms with van der Waals surface area (Å²) in [5.41, 5.74) is 1.34. The predicted molar refractivity (Wildman–Crippen MR) is 103 cm³/mol. The van der Waals surface area contributed by atoms with Gasteiger partial charge in [-0.15, -0.1) is 11.3 Å². The van der Waals surface area contributed by atoms with E-state index in [4.69, 9.17) is 23.2 Å². The van der Waals surface area contributed by atoms with Crippen LogP contribution in [0.1, 0.15) is 6.42 Å². The van der Waals surface area contributed by atoms with Crippen LogP contribution in [-0.4, -0.2) is 22.0 Å². The molecule has 0 unspecified atom stereocenters. The van der Waals surface area contributed by atoms with Gasteiger partial charge in [-0.25, -0.2) is 9.88 Å². The van der Waals surface area contributed by atoms with E-state index in [9.17, 15) is 9.59 Å². The Hall–Kier alpha value is -1.60. The molecule has 1 atom stereocenters. The monoisotopic (exact) mass is 408 g/mol. The molecule has 0 aliphatic carbocycles. The highest BCUT2D eigenvalue weighted by Crippen LogP contribution is 2.38. The molecule has 4 nitrogen and oxygen atoms in total. The number of hydrogen-bond acceptors (Lipinski definition) is 5. The molecule has 0 spiro atoms. The van der Waals surface area contributed by atoms with Gasteiger partial charge >= 0.3 is 0 Å². The molecule has 25 heavy (non-hydrogen) atoms. The lowest BCUT2D eigenvalue weighted by atomic mass is 10.3. The molecule has 0 bridgehead atoms. The van der Waals surface area contributed by atoms with Crippen molar-refractivity contribution in [3.8, 4) is 0 Å². The van der Waals surface area contributed by atoms with Crippen LogP contribution in [0.2, 0.25) is 10.0 Å². The van der Waals surface area contributed by atoms with Gasteiger partial charge in [0.15, 0.2) is 4.34 Å². The number of para-hydroxylation sites is 1. The lowest BCUT2D eigenvalue weighted by Crippen LogP contribution is -2.31. The van der Waals surface area contributed by atoms with E-state index in [-0.39, 0.29) is 18.2 Å². The van der Waals surface area contributed by atoms with Gasteiger partial charge in [-0.3, -0.25) is 9.59 Å². The van der Waals surface area contributed by atoms with Gasteiger partial charge < -0.3 is 0 Å². The standard InChI is InChI=1S/C17H10Cl2N2O2S2/c18-10-6-5-9(7-11(10)19)21-15(22)8-14(16(21)23)25-17-20-12-3-1-2-4-13(12)24-17/h1-7,14H,8H2/t14-/m1/s1. The van der Waals surface area contributed by atoms with Crippen LogP contribution < -0.4 is 4.90 Å². The summed E-state index contributed by atoms with van der Waals surface area (Å²) in [4.78, 5) is 30.8. The number of halogens is 2. The molecule has 3 aromatic rings.